The SMILES string of the molecule is COc1ccc(CNC(=O)CCCn2nnc3cc(S(=O)(=O)N4CCCC4)ccc32)cc1. The van der Waals surface area contributed by atoms with Crippen LogP contribution in [0.5, 0.6) is 5.75 Å². The van der Waals surface area contributed by atoms with Gasteiger partial charge in [0, 0.05) is 32.6 Å². The molecule has 0 spiro atoms. The Balaban J connectivity index is 1.31. The number of nitrogens with one attached hydrogen (secondary N) is 1. The molecular weight excluding hydrogens is 430 g/mol. The van der Waals surface area contributed by atoms with Crippen LogP contribution in [0.4, 0.5) is 0 Å². The second kappa shape index (κ2) is 9.66. The zero-order chi connectivity index (χ0) is 22.6. The van der Waals surface area contributed by atoms with Crippen LogP contribution < -0.4 is 10.1 Å². The zero-order valence-electron chi connectivity index (χ0n) is 18.0. The van der Waals surface area contributed by atoms with Gasteiger partial charge in [0.15, 0.2) is 0 Å². The summed E-state index contributed by atoms with van der Waals surface area (Å²) in [6.07, 6.45) is 2.75. The summed E-state index contributed by atoms with van der Waals surface area (Å²) in [5, 5.41) is 11.2. The van der Waals surface area contributed by atoms with Crippen molar-refractivity contribution in [3.8, 4) is 5.75 Å². The lowest BCUT2D eigenvalue weighted by Crippen LogP contribution is -2.27. The quantitative estimate of drug-likeness (QED) is 0.529. The first-order valence-electron chi connectivity index (χ1n) is 10.7. The first-order chi connectivity index (χ1) is 15.5. The van der Waals surface area contributed by atoms with Crippen molar-refractivity contribution in [3.63, 3.8) is 0 Å². The first kappa shape index (κ1) is 22.2. The number of nitrogens with zero attached hydrogens (tertiary/aromatic N) is 4. The molecule has 0 saturated carbocycles. The Morgan fingerprint density at radius 1 is 1.12 bits per heavy atom. The van der Waals surface area contributed by atoms with Crippen molar-refractivity contribution in [1.29, 1.82) is 0 Å². The lowest BCUT2D eigenvalue weighted by Gasteiger charge is -2.15. The van der Waals surface area contributed by atoms with Crippen molar-refractivity contribution >= 4 is 27.0 Å². The Bertz CT molecular complexity index is 1180. The van der Waals surface area contributed by atoms with E-state index >= 15 is 0 Å². The van der Waals surface area contributed by atoms with E-state index in [1.165, 1.54) is 4.31 Å². The number of rotatable bonds is 9. The van der Waals surface area contributed by atoms with E-state index in [2.05, 4.69) is 15.6 Å². The largest absolute Gasteiger partial charge is 0.497 e. The maximum atomic E-state index is 12.7. The molecule has 1 amide bonds. The standard InChI is InChI=1S/C22H27N5O4S/c1-31-18-8-6-17(7-9-18)16-23-22(28)5-4-14-27-21-11-10-19(15-20(21)24-25-27)32(29,30)26-12-2-3-13-26/h6-11,15H,2-5,12-14,16H2,1H3,(H,23,28). The van der Waals surface area contributed by atoms with Crippen LogP contribution in [0, 0.1) is 0 Å². The van der Waals surface area contributed by atoms with Crippen molar-refractivity contribution in [1.82, 2.24) is 24.6 Å². The second-order valence-corrected chi connectivity index (χ2v) is 9.74. The van der Waals surface area contributed by atoms with Crippen LogP contribution in [0.2, 0.25) is 0 Å². The molecule has 1 N–H and O–H groups in total. The predicted octanol–water partition coefficient (Wildman–Crippen LogP) is 2.32. The van der Waals surface area contributed by atoms with Crippen molar-refractivity contribution in [2.24, 2.45) is 0 Å². The smallest absolute Gasteiger partial charge is 0.243 e. The molecule has 170 valence electrons. The Morgan fingerprint density at radius 2 is 1.88 bits per heavy atom. The van der Waals surface area contributed by atoms with Crippen LogP contribution in [0.3, 0.4) is 0 Å². The summed E-state index contributed by atoms with van der Waals surface area (Å²) in [5.41, 5.74) is 2.29. The maximum absolute atomic E-state index is 12.7. The Morgan fingerprint density at radius 3 is 2.59 bits per heavy atom. The van der Waals surface area contributed by atoms with Gasteiger partial charge in [-0.05, 0) is 55.2 Å². The normalized spacial score (nSPS) is 14.7. The number of methoxy groups -OCH3 is 1. The molecule has 1 aliphatic heterocycles. The fraction of sp³-hybridized carbons (Fsp3) is 0.409. The Hall–Kier alpha value is -2.98. The molecule has 3 aromatic rings. The predicted molar refractivity (Wildman–Crippen MR) is 120 cm³/mol. The zero-order valence-corrected chi connectivity index (χ0v) is 18.8. The van der Waals surface area contributed by atoms with E-state index in [0.717, 1.165) is 29.7 Å². The maximum Gasteiger partial charge on any atom is 0.243 e. The highest BCUT2D eigenvalue weighted by Gasteiger charge is 2.27. The van der Waals surface area contributed by atoms with E-state index in [0.29, 0.717) is 44.5 Å². The number of aryl methyl sites for hydroxylation is 1. The third kappa shape index (κ3) is 4.91. The van der Waals surface area contributed by atoms with Gasteiger partial charge in [0.2, 0.25) is 15.9 Å². The van der Waals surface area contributed by atoms with E-state index in [9.17, 15) is 13.2 Å². The van der Waals surface area contributed by atoms with Crippen LogP contribution in [0.25, 0.3) is 11.0 Å². The average Bonchev–Trinajstić information content (AvgIpc) is 3.49. The number of aromatic nitrogens is 3. The third-order valence-corrected chi connectivity index (χ3v) is 7.51. The van der Waals surface area contributed by atoms with Crippen LogP contribution >= 0.6 is 0 Å². The third-order valence-electron chi connectivity index (χ3n) is 5.61. The number of hydrogen-bond acceptors (Lipinski definition) is 6. The minimum atomic E-state index is -3.49. The van der Waals surface area contributed by atoms with E-state index < -0.39 is 10.0 Å². The van der Waals surface area contributed by atoms with Gasteiger partial charge in [0.25, 0.3) is 0 Å². The van der Waals surface area contributed by atoms with Crippen molar-refractivity contribution in [2.75, 3.05) is 20.2 Å². The van der Waals surface area contributed by atoms with Gasteiger partial charge in [0.05, 0.1) is 17.5 Å². The molecule has 0 radical (unpaired) electrons. The fourth-order valence-corrected chi connectivity index (χ4v) is 5.31. The molecule has 2 heterocycles. The van der Waals surface area contributed by atoms with E-state index in [1.54, 1.807) is 30.0 Å². The van der Waals surface area contributed by atoms with Gasteiger partial charge in [0.1, 0.15) is 11.3 Å². The number of carbonyl (C=O) groups is 1. The van der Waals surface area contributed by atoms with Crippen LogP contribution in [-0.4, -0.2) is 53.8 Å². The number of hydrogen-bond donors (Lipinski definition) is 1. The molecule has 1 fully saturated rings. The van der Waals surface area contributed by atoms with E-state index in [1.807, 2.05) is 24.3 Å². The first-order valence-corrected chi connectivity index (χ1v) is 12.1. The van der Waals surface area contributed by atoms with Crippen LogP contribution in [0.15, 0.2) is 47.4 Å². The van der Waals surface area contributed by atoms with E-state index in [-0.39, 0.29) is 10.8 Å². The lowest BCUT2D eigenvalue weighted by molar-refractivity contribution is -0.121. The summed E-state index contributed by atoms with van der Waals surface area (Å²) in [6, 6.07) is 12.5. The summed E-state index contributed by atoms with van der Waals surface area (Å²) in [7, 11) is -1.87. The van der Waals surface area contributed by atoms with Gasteiger partial charge < -0.3 is 10.1 Å². The number of fused-ring (bicyclic) bond motifs is 1. The summed E-state index contributed by atoms with van der Waals surface area (Å²) in [4.78, 5) is 12.4. The van der Waals surface area contributed by atoms with Gasteiger partial charge in [-0.3, -0.25) is 4.79 Å². The summed E-state index contributed by atoms with van der Waals surface area (Å²) < 4.78 is 33.8. The minimum Gasteiger partial charge on any atom is -0.497 e. The molecule has 9 nitrogen and oxygen atoms in total. The van der Waals surface area contributed by atoms with Gasteiger partial charge in [-0.1, -0.05) is 17.3 Å². The average molecular weight is 458 g/mol. The second-order valence-electron chi connectivity index (χ2n) is 7.80. The molecule has 1 saturated heterocycles. The molecule has 0 aliphatic carbocycles. The van der Waals surface area contributed by atoms with Crippen LogP contribution in [-0.2, 0) is 27.9 Å². The lowest BCUT2D eigenvalue weighted by atomic mass is 10.2. The molecule has 0 atom stereocenters. The molecule has 0 bridgehead atoms. The van der Waals surface area contributed by atoms with Crippen molar-refractivity contribution < 1.29 is 17.9 Å². The number of ether oxygens (including phenoxy) is 1. The van der Waals surface area contributed by atoms with Gasteiger partial charge in [-0.25, -0.2) is 13.1 Å². The minimum absolute atomic E-state index is 0.0377. The summed E-state index contributed by atoms with van der Waals surface area (Å²) >= 11 is 0. The Labute approximate surface area is 187 Å². The number of amides is 1. The number of sulfonamides is 1. The van der Waals surface area contributed by atoms with Gasteiger partial charge >= 0.3 is 0 Å². The highest BCUT2D eigenvalue weighted by Crippen LogP contribution is 2.23. The van der Waals surface area contributed by atoms with Gasteiger partial charge in [-0.15, -0.1) is 5.10 Å². The summed E-state index contributed by atoms with van der Waals surface area (Å²) in [5.74, 6) is 0.741. The number of benzene rings is 2. The topological polar surface area (TPSA) is 106 Å². The summed E-state index contributed by atoms with van der Waals surface area (Å²) in [6.45, 7) is 2.11. The molecule has 1 aliphatic rings. The van der Waals surface area contributed by atoms with Crippen LogP contribution in [0.1, 0.15) is 31.2 Å². The molecule has 0 unspecified atom stereocenters. The highest BCUT2D eigenvalue weighted by molar-refractivity contribution is 7.89. The number of carbonyl (C=O) groups excluding carboxylic acids is 1. The van der Waals surface area contributed by atoms with E-state index in [4.69, 9.17) is 4.74 Å². The monoisotopic (exact) mass is 457 g/mol. The van der Waals surface area contributed by atoms with Crippen molar-refractivity contribution in [2.45, 2.75) is 43.7 Å². The van der Waals surface area contributed by atoms with Gasteiger partial charge in [-0.2, -0.15) is 4.31 Å². The molecule has 10 heteroatoms. The molecular formula is C22H27N5O4S. The molecule has 32 heavy (non-hydrogen) atoms. The highest BCUT2D eigenvalue weighted by atomic mass is 32.2. The Kier molecular flexibility index (Phi) is 6.71. The molecule has 4 rings (SSSR count). The van der Waals surface area contributed by atoms with Crippen molar-refractivity contribution in [3.05, 3.63) is 48.0 Å². The molecule has 2 aromatic carbocycles. The molecule has 1 aromatic heterocycles. The fourth-order valence-electron chi connectivity index (χ4n) is 3.78.